The summed E-state index contributed by atoms with van der Waals surface area (Å²) in [6.07, 6.45) is 5.94. The summed E-state index contributed by atoms with van der Waals surface area (Å²) < 4.78 is 14.9. The van der Waals surface area contributed by atoms with Gasteiger partial charge in [0.2, 0.25) is 0 Å². The summed E-state index contributed by atoms with van der Waals surface area (Å²) in [7, 11) is 3.11. The molecule has 2 heterocycles. The molecule has 1 amide bonds. The summed E-state index contributed by atoms with van der Waals surface area (Å²) in [5.41, 5.74) is 3.08. The van der Waals surface area contributed by atoms with Crippen LogP contribution in [-0.2, 0) is 13.1 Å². The Morgan fingerprint density at radius 3 is 2.61 bits per heavy atom. The summed E-state index contributed by atoms with van der Waals surface area (Å²) in [5, 5.41) is 2.97. The number of imidazole rings is 2. The topological polar surface area (TPSA) is 83.2 Å². The van der Waals surface area contributed by atoms with Crippen LogP contribution in [0.1, 0.15) is 41.8 Å². The van der Waals surface area contributed by atoms with Gasteiger partial charge in [-0.1, -0.05) is 13.3 Å². The van der Waals surface area contributed by atoms with E-state index in [-0.39, 0.29) is 5.91 Å². The number of aryl methyl sites for hydroxylation is 2. The van der Waals surface area contributed by atoms with Gasteiger partial charge in [-0.3, -0.25) is 4.79 Å². The molecule has 0 saturated carbocycles. The molecular weight excluding hydrogens is 418 g/mol. The van der Waals surface area contributed by atoms with Crippen molar-refractivity contribution in [1.29, 1.82) is 0 Å². The first kappa shape index (κ1) is 22.4. The minimum atomic E-state index is -0.227. The average molecular weight is 448 g/mol. The van der Waals surface area contributed by atoms with Crippen LogP contribution in [0.3, 0.4) is 0 Å². The Hall–Kier alpha value is -3.81. The van der Waals surface area contributed by atoms with E-state index in [1.54, 1.807) is 38.6 Å². The number of ether oxygens (including phenoxy) is 2. The lowest BCUT2D eigenvalue weighted by Crippen LogP contribution is -2.12. The van der Waals surface area contributed by atoms with Crippen LogP contribution in [0.15, 0.2) is 48.8 Å². The lowest BCUT2D eigenvalue weighted by atomic mass is 10.1. The summed E-state index contributed by atoms with van der Waals surface area (Å²) in [4.78, 5) is 22.1. The van der Waals surface area contributed by atoms with Gasteiger partial charge in [-0.2, -0.15) is 0 Å². The highest BCUT2D eigenvalue weighted by Crippen LogP contribution is 2.28. The van der Waals surface area contributed by atoms with Gasteiger partial charge in [-0.15, -0.1) is 0 Å². The number of fused-ring (bicyclic) bond motifs is 1. The van der Waals surface area contributed by atoms with Gasteiger partial charge in [0.1, 0.15) is 11.6 Å². The number of benzene rings is 2. The van der Waals surface area contributed by atoms with Crippen molar-refractivity contribution in [3.63, 3.8) is 0 Å². The number of unbranched alkanes of at least 4 members (excludes halogenated alkanes) is 1. The van der Waals surface area contributed by atoms with Gasteiger partial charge in [0, 0.05) is 30.2 Å². The summed E-state index contributed by atoms with van der Waals surface area (Å²) >= 11 is 0. The predicted octanol–water partition coefficient (Wildman–Crippen LogP) is 4.66. The highest BCUT2D eigenvalue weighted by Gasteiger charge is 2.15. The van der Waals surface area contributed by atoms with E-state index in [1.165, 1.54) is 0 Å². The second-order valence-electron chi connectivity index (χ2n) is 7.86. The maximum Gasteiger partial charge on any atom is 0.255 e. The van der Waals surface area contributed by atoms with Gasteiger partial charge in [0.25, 0.3) is 5.91 Å². The number of methoxy groups -OCH3 is 2. The molecule has 8 heteroatoms. The second kappa shape index (κ2) is 9.77. The normalized spacial score (nSPS) is 11.0. The van der Waals surface area contributed by atoms with Crippen molar-refractivity contribution < 1.29 is 14.3 Å². The Bertz CT molecular complexity index is 1270. The number of hydrogen-bond donors (Lipinski definition) is 1. The van der Waals surface area contributed by atoms with Crippen molar-refractivity contribution in [1.82, 2.24) is 19.1 Å². The molecule has 0 unspecified atom stereocenters. The highest BCUT2D eigenvalue weighted by molar-refractivity contribution is 6.05. The number of nitrogens with zero attached hydrogens (tertiary/aromatic N) is 4. The van der Waals surface area contributed by atoms with Crippen LogP contribution >= 0.6 is 0 Å². The molecule has 0 aliphatic heterocycles. The second-order valence-corrected chi connectivity index (χ2v) is 7.86. The molecule has 4 aromatic rings. The zero-order chi connectivity index (χ0) is 23.4. The van der Waals surface area contributed by atoms with E-state index in [4.69, 9.17) is 14.5 Å². The van der Waals surface area contributed by atoms with Crippen molar-refractivity contribution in [3.8, 4) is 11.5 Å². The van der Waals surface area contributed by atoms with E-state index in [9.17, 15) is 4.79 Å². The Labute approximate surface area is 193 Å². The maximum absolute atomic E-state index is 12.8. The third-order valence-corrected chi connectivity index (χ3v) is 5.70. The standard InChI is InChI=1S/C25H29N5O3/c1-5-6-12-30-21-9-8-19(15-20(21)28-24(30)16-29-13-11-26-17(29)2)27-25(31)18-7-10-22(32-3)23(14-18)33-4/h7-11,13-15H,5-6,12,16H2,1-4H3,(H,27,31). The van der Waals surface area contributed by atoms with Crippen molar-refractivity contribution >= 4 is 22.6 Å². The Morgan fingerprint density at radius 1 is 1.09 bits per heavy atom. The minimum absolute atomic E-state index is 0.227. The Kier molecular flexibility index (Phi) is 6.63. The fourth-order valence-corrected chi connectivity index (χ4v) is 3.85. The zero-order valence-electron chi connectivity index (χ0n) is 19.5. The molecule has 1 N–H and O–H groups in total. The molecule has 0 saturated heterocycles. The molecule has 2 aromatic carbocycles. The van der Waals surface area contributed by atoms with Gasteiger partial charge in [0.15, 0.2) is 11.5 Å². The van der Waals surface area contributed by atoms with Crippen LogP contribution < -0.4 is 14.8 Å². The molecule has 0 atom stereocenters. The molecule has 2 aromatic heterocycles. The van der Waals surface area contributed by atoms with Crippen molar-refractivity contribution in [2.75, 3.05) is 19.5 Å². The van der Waals surface area contributed by atoms with Gasteiger partial charge >= 0.3 is 0 Å². The highest BCUT2D eigenvalue weighted by atomic mass is 16.5. The predicted molar refractivity (Wildman–Crippen MR) is 128 cm³/mol. The quantitative estimate of drug-likeness (QED) is 0.404. The lowest BCUT2D eigenvalue weighted by molar-refractivity contribution is 0.102. The smallest absolute Gasteiger partial charge is 0.255 e. The van der Waals surface area contributed by atoms with E-state index < -0.39 is 0 Å². The molecule has 0 aliphatic carbocycles. The first-order valence-corrected chi connectivity index (χ1v) is 11.0. The largest absolute Gasteiger partial charge is 0.493 e. The number of hydrogen-bond acceptors (Lipinski definition) is 5. The molecule has 8 nitrogen and oxygen atoms in total. The molecule has 172 valence electrons. The first-order valence-electron chi connectivity index (χ1n) is 11.0. The monoisotopic (exact) mass is 447 g/mol. The number of carbonyl (C=O) groups excluding carboxylic acids is 1. The Morgan fingerprint density at radius 2 is 1.91 bits per heavy atom. The van der Waals surface area contributed by atoms with Gasteiger partial charge < -0.3 is 23.9 Å². The molecule has 0 aliphatic rings. The first-order chi connectivity index (χ1) is 16.0. The summed E-state index contributed by atoms with van der Waals surface area (Å²) in [6, 6.07) is 10.9. The maximum atomic E-state index is 12.8. The van der Waals surface area contributed by atoms with Crippen LogP contribution in [0.25, 0.3) is 11.0 Å². The van der Waals surface area contributed by atoms with Crippen LogP contribution in [-0.4, -0.2) is 39.2 Å². The van der Waals surface area contributed by atoms with E-state index in [0.29, 0.717) is 29.3 Å². The molecule has 4 rings (SSSR count). The van der Waals surface area contributed by atoms with Gasteiger partial charge in [0.05, 0.1) is 31.8 Å². The van der Waals surface area contributed by atoms with Crippen molar-refractivity contribution in [2.45, 2.75) is 39.8 Å². The average Bonchev–Trinajstić information content (AvgIpc) is 3.39. The zero-order valence-corrected chi connectivity index (χ0v) is 19.5. The molecular formula is C25H29N5O3. The molecule has 0 fully saturated rings. The number of carbonyl (C=O) groups is 1. The Balaban J connectivity index is 1.62. The SMILES string of the molecule is CCCCn1c(Cn2ccnc2C)nc2cc(NC(=O)c3ccc(OC)c(OC)c3)ccc21. The van der Waals surface area contributed by atoms with E-state index in [0.717, 1.165) is 42.1 Å². The van der Waals surface area contributed by atoms with Gasteiger partial charge in [-0.05, 0) is 49.7 Å². The van der Waals surface area contributed by atoms with Gasteiger partial charge in [-0.25, -0.2) is 9.97 Å². The van der Waals surface area contributed by atoms with Crippen LogP contribution in [0.4, 0.5) is 5.69 Å². The van der Waals surface area contributed by atoms with E-state index in [2.05, 4.69) is 26.4 Å². The third-order valence-electron chi connectivity index (χ3n) is 5.70. The van der Waals surface area contributed by atoms with Crippen molar-refractivity contribution in [2.24, 2.45) is 0 Å². The fraction of sp³-hybridized carbons (Fsp3) is 0.320. The number of nitrogens with one attached hydrogen (secondary N) is 1. The van der Waals surface area contributed by atoms with E-state index in [1.807, 2.05) is 31.3 Å². The number of rotatable bonds is 9. The molecule has 0 spiro atoms. The lowest BCUT2D eigenvalue weighted by Gasteiger charge is -2.11. The van der Waals surface area contributed by atoms with Crippen molar-refractivity contribution in [3.05, 3.63) is 66.0 Å². The summed E-state index contributed by atoms with van der Waals surface area (Å²) in [5.74, 6) is 2.79. The number of aromatic nitrogens is 4. The summed E-state index contributed by atoms with van der Waals surface area (Å²) in [6.45, 7) is 5.71. The fourth-order valence-electron chi connectivity index (χ4n) is 3.85. The molecule has 0 bridgehead atoms. The number of amides is 1. The molecule has 0 radical (unpaired) electrons. The molecule has 33 heavy (non-hydrogen) atoms. The third kappa shape index (κ3) is 4.69. The number of anilines is 1. The van der Waals surface area contributed by atoms with Crippen LogP contribution in [0, 0.1) is 6.92 Å². The van der Waals surface area contributed by atoms with E-state index >= 15 is 0 Å². The minimum Gasteiger partial charge on any atom is -0.493 e. The van der Waals surface area contributed by atoms with Crippen LogP contribution in [0.5, 0.6) is 11.5 Å². The van der Waals surface area contributed by atoms with Crippen LogP contribution in [0.2, 0.25) is 0 Å².